The second kappa shape index (κ2) is 8.88. The van der Waals surface area contributed by atoms with Crippen molar-refractivity contribution < 1.29 is 36.7 Å². The molecule has 4 N–H and O–H groups in total. The molecule has 0 aliphatic carbocycles. The molecular formula is C10H13IN5O3PSTi. The van der Waals surface area contributed by atoms with Crippen LogP contribution >= 0.6 is 30.6 Å². The van der Waals surface area contributed by atoms with E-state index in [1.807, 2.05) is 0 Å². The zero-order valence-electron chi connectivity index (χ0n) is 11.2. The van der Waals surface area contributed by atoms with Gasteiger partial charge in [-0.2, -0.15) is 5.10 Å². The molecule has 1 aliphatic rings. The van der Waals surface area contributed by atoms with Gasteiger partial charge in [0.1, 0.15) is 21.9 Å². The van der Waals surface area contributed by atoms with Crippen molar-refractivity contribution in [3.63, 3.8) is 0 Å². The van der Waals surface area contributed by atoms with Gasteiger partial charge in [-0.1, -0.05) is 11.8 Å². The van der Waals surface area contributed by atoms with Crippen molar-refractivity contribution in [3.05, 3.63) is 10.0 Å². The summed E-state index contributed by atoms with van der Waals surface area (Å²) in [5, 5.41) is 23.9. The first-order chi connectivity index (χ1) is 10.1. The van der Waals surface area contributed by atoms with Gasteiger partial charge in [-0.15, -0.1) is 0 Å². The molecule has 22 heavy (non-hydrogen) atoms. The molecule has 0 saturated carbocycles. The van der Waals surface area contributed by atoms with Crippen molar-refractivity contribution >= 4 is 59.3 Å². The number of hydrogen-bond donors (Lipinski definition) is 3. The van der Waals surface area contributed by atoms with Gasteiger partial charge in [-0.25, -0.2) is 14.6 Å². The van der Waals surface area contributed by atoms with Gasteiger partial charge in [0.25, 0.3) is 0 Å². The molecule has 1 fully saturated rings. The number of ether oxygens (including phenoxy) is 1. The Balaban J connectivity index is 0.000000775. The minimum atomic E-state index is -0.717. The van der Waals surface area contributed by atoms with Crippen LogP contribution in [0.2, 0.25) is 0 Å². The Morgan fingerprint density at radius 2 is 2.18 bits per heavy atom. The third-order valence-corrected chi connectivity index (χ3v) is 3.89. The molecule has 1 saturated heterocycles. The molecule has 1 aliphatic heterocycles. The largest absolute Gasteiger partial charge is 0.394 e. The smallest absolute Gasteiger partial charge is 0.167 e. The van der Waals surface area contributed by atoms with Gasteiger partial charge < -0.3 is 20.7 Å². The van der Waals surface area contributed by atoms with Crippen molar-refractivity contribution in [3.8, 4) is 0 Å². The fourth-order valence-electron chi connectivity index (χ4n) is 2.18. The van der Waals surface area contributed by atoms with Crippen LogP contribution in [-0.4, -0.2) is 48.8 Å². The monoisotopic (exact) mass is 489 g/mol. The summed E-state index contributed by atoms with van der Waals surface area (Å²) >= 11 is 5.94. The average Bonchev–Trinajstić information content (AvgIpc) is 3.02. The predicted molar refractivity (Wildman–Crippen MR) is 89.8 cm³/mol. The molecule has 0 unspecified atom stereocenters. The van der Waals surface area contributed by atoms with Gasteiger partial charge in [0, 0.05) is 28.1 Å². The maximum atomic E-state index is 9.77. The number of nitrogens with two attached hydrogens (primary N) is 1. The number of fused-ring (bicyclic) bond motifs is 1. The fourth-order valence-corrected chi connectivity index (χ4v) is 2.93. The molecule has 0 radical (unpaired) electrons. The SMILES string of the molecule is Nc1ncnc2c1c(I)nn2[C@H]1C[C@H](O)[C@@H](CO)O1.P=S.[Ti]. The molecule has 0 spiro atoms. The molecule has 12 heteroatoms. The number of rotatable bonds is 2. The zero-order chi connectivity index (χ0) is 15.6. The molecule has 3 heterocycles. The van der Waals surface area contributed by atoms with Crippen LogP contribution in [0.25, 0.3) is 11.0 Å². The summed E-state index contributed by atoms with van der Waals surface area (Å²) in [6, 6.07) is 0. The minimum Gasteiger partial charge on any atom is -0.394 e. The van der Waals surface area contributed by atoms with E-state index in [4.69, 9.17) is 15.6 Å². The summed E-state index contributed by atoms with van der Waals surface area (Å²) in [6.45, 7) is -0.231. The first-order valence-corrected chi connectivity index (χ1v) is 8.62. The Bertz CT molecular complexity index is 650. The molecule has 0 bridgehead atoms. The van der Waals surface area contributed by atoms with Gasteiger partial charge in [0.15, 0.2) is 11.9 Å². The molecular weight excluding hydrogens is 476 g/mol. The predicted octanol–water partition coefficient (Wildman–Crippen LogP) is 0.242. The Kier molecular flexibility index (Phi) is 8.17. The standard InChI is InChI=1S/C10H12IN5O3.HPS.Ti/c11-8-7-9(12)13-3-14-10(7)16(15-8)6-1-4(18)5(2-17)19-6;1-2;/h3-6,17-18H,1-2H2,(H2,12,13,14);1H;/t4-,5+,6+;;/m0../s1. The molecule has 118 valence electrons. The summed E-state index contributed by atoms with van der Waals surface area (Å²) in [6.07, 6.45) is -0.0670. The molecule has 0 amide bonds. The van der Waals surface area contributed by atoms with Crippen molar-refractivity contribution in [2.75, 3.05) is 12.3 Å². The van der Waals surface area contributed by atoms with E-state index >= 15 is 0 Å². The van der Waals surface area contributed by atoms with Crippen LogP contribution < -0.4 is 5.73 Å². The number of nitrogen functional groups attached to an aromatic ring is 1. The number of aromatic nitrogens is 4. The Morgan fingerprint density at radius 3 is 2.77 bits per heavy atom. The van der Waals surface area contributed by atoms with Crippen LogP contribution in [0.3, 0.4) is 0 Å². The van der Waals surface area contributed by atoms with Gasteiger partial charge in [0.2, 0.25) is 0 Å². The second-order valence-electron chi connectivity index (χ2n) is 4.31. The minimum absolute atomic E-state index is 0. The number of nitrogens with zero attached hydrogens (tertiary/aromatic N) is 4. The Hall–Kier alpha value is 0.194. The summed E-state index contributed by atoms with van der Waals surface area (Å²) in [7, 11) is 2.56. The van der Waals surface area contributed by atoms with Crippen LogP contribution in [0.15, 0.2) is 6.33 Å². The van der Waals surface area contributed by atoms with Gasteiger partial charge in [-0.05, 0) is 30.6 Å². The van der Waals surface area contributed by atoms with Crippen LogP contribution in [0.1, 0.15) is 12.6 Å². The van der Waals surface area contributed by atoms with E-state index in [0.29, 0.717) is 27.0 Å². The van der Waals surface area contributed by atoms with E-state index in [2.05, 4.69) is 57.5 Å². The third kappa shape index (κ3) is 3.81. The topological polar surface area (TPSA) is 119 Å². The fraction of sp³-hybridized carbons (Fsp3) is 0.500. The number of anilines is 1. The second-order valence-corrected chi connectivity index (χ2v) is 5.33. The molecule has 3 rings (SSSR count). The van der Waals surface area contributed by atoms with Crippen LogP contribution in [-0.2, 0) is 38.3 Å². The van der Waals surface area contributed by atoms with E-state index in [0.717, 1.165) is 0 Å². The maximum Gasteiger partial charge on any atom is 0.167 e. The van der Waals surface area contributed by atoms with Crippen molar-refractivity contribution in [2.45, 2.75) is 24.9 Å². The number of hydrogen-bond acceptors (Lipinski definition) is 8. The molecule has 0 aromatic carbocycles. The third-order valence-electron chi connectivity index (χ3n) is 3.13. The maximum absolute atomic E-state index is 9.77. The normalized spacial score (nSPS) is 23.7. The molecule has 8 nitrogen and oxygen atoms in total. The quantitative estimate of drug-likeness (QED) is 0.312. The average molecular weight is 489 g/mol. The van der Waals surface area contributed by atoms with Crippen LogP contribution in [0, 0.1) is 3.70 Å². The number of aliphatic hydroxyl groups excluding tert-OH is 2. The zero-order valence-corrected chi connectivity index (χ0v) is 16.7. The van der Waals surface area contributed by atoms with E-state index in [1.165, 1.54) is 6.33 Å². The first kappa shape index (κ1) is 20.2. The van der Waals surface area contributed by atoms with E-state index in [1.54, 1.807) is 4.68 Å². The molecule has 2 aromatic heterocycles. The van der Waals surface area contributed by atoms with E-state index in [-0.39, 0.29) is 28.3 Å². The first-order valence-electron chi connectivity index (χ1n) is 5.90. The van der Waals surface area contributed by atoms with Crippen molar-refractivity contribution in [2.24, 2.45) is 0 Å². The summed E-state index contributed by atoms with van der Waals surface area (Å²) in [5.41, 5.74) is 6.37. The number of halogens is 1. The van der Waals surface area contributed by atoms with Gasteiger partial charge >= 0.3 is 0 Å². The molecule has 2 aromatic rings. The van der Waals surface area contributed by atoms with E-state index < -0.39 is 18.4 Å². The van der Waals surface area contributed by atoms with Gasteiger partial charge in [-0.3, -0.25) is 0 Å². The number of aliphatic hydroxyl groups is 2. The summed E-state index contributed by atoms with van der Waals surface area (Å²) in [4.78, 5) is 8.10. The Labute approximate surface area is 162 Å². The van der Waals surface area contributed by atoms with Crippen molar-refractivity contribution in [1.29, 1.82) is 0 Å². The summed E-state index contributed by atoms with van der Waals surface area (Å²) < 4.78 is 7.82. The van der Waals surface area contributed by atoms with Gasteiger partial charge in [0.05, 0.1) is 18.1 Å². The Morgan fingerprint density at radius 1 is 1.50 bits per heavy atom. The van der Waals surface area contributed by atoms with E-state index in [9.17, 15) is 5.11 Å². The van der Waals surface area contributed by atoms with Crippen LogP contribution in [0.5, 0.6) is 0 Å². The van der Waals surface area contributed by atoms with Crippen LogP contribution in [0.4, 0.5) is 5.82 Å². The summed E-state index contributed by atoms with van der Waals surface area (Å²) in [5.74, 6) is 0.359. The van der Waals surface area contributed by atoms with Crippen molar-refractivity contribution in [1.82, 2.24) is 19.7 Å². The molecule has 3 atom stereocenters.